The maximum Gasteiger partial charge on any atom is 0.338 e. The van der Waals surface area contributed by atoms with Crippen molar-refractivity contribution >= 4 is 46.3 Å². The zero-order chi connectivity index (χ0) is 21.6. The predicted octanol–water partition coefficient (Wildman–Crippen LogP) is 4.41. The number of hydrogen-bond acceptors (Lipinski definition) is 5. The van der Waals surface area contributed by atoms with Gasteiger partial charge in [0.2, 0.25) is 6.41 Å². The van der Waals surface area contributed by atoms with Crippen molar-refractivity contribution in [2.75, 3.05) is 5.32 Å². The van der Waals surface area contributed by atoms with Gasteiger partial charge in [-0.25, -0.2) is 9.59 Å². The first-order valence-electron chi connectivity index (χ1n) is 8.73. The Hall–Kier alpha value is -3.00. The molecule has 7 nitrogen and oxygen atoms in total. The number of rotatable bonds is 6. The van der Waals surface area contributed by atoms with Crippen LogP contribution in [0.15, 0.2) is 46.9 Å². The third-order valence-electron chi connectivity index (χ3n) is 3.71. The quantitative estimate of drug-likeness (QED) is 0.508. The molecule has 0 fully saturated rings. The summed E-state index contributed by atoms with van der Waals surface area (Å²) in [6.45, 7) is 5.33. The molecule has 0 aromatic heterocycles. The largest absolute Gasteiger partial charge is 0.456 e. The van der Waals surface area contributed by atoms with Gasteiger partial charge in [0.05, 0.1) is 17.8 Å². The number of benzene rings is 2. The van der Waals surface area contributed by atoms with Gasteiger partial charge in [-0.2, -0.15) is 0 Å². The number of nitrogens with zero attached hydrogens (tertiary/aromatic N) is 1. The molecule has 0 bridgehead atoms. The molecule has 2 aromatic carbocycles. The van der Waals surface area contributed by atoms with Gasteiger partial charge in [-0.1, -0.05) is 28.1 Å². The second kappa shape index (κ2) is 9.47. The first-order valence-corrected chi connectivity index (χ1v) is 9.52. The summed E-state index contributed by atoms with van der Waals surface area (Å²) in [7, 11) is 0. The molecule has 0 aliphatic heterocycles. The predicted molar refractivity (Wildman–Crippen MR) is 112 cm³/mol. The number of hydrogen-bond donors (Lipinski definition) is 1. The Labute approximate surface area is 177 Å². The monoisotopic (exact) mass is 460 g/mol. The van der Waals surface area contributed by atoms with E-state index >= 15 is 0 Å². The summed E-state index contributed by atoms with van der Waals surface area (Å²) in [6.07, 6.45) is 1.01. The summed E-state index contributed by atoms with van der Waals surface area (Å²) in [6, 6.07) is 10.5. The van der Waals surface area contributed by atoms with Crippen LogP contribution in [0.5, 0.6) is 0 Å². The highest BCUT2D eigenvalue weighted by Gasteiger charge is 2.19. The minimum atomic E-state index is -0.679. The van der Waals surface area contributed by atoms with E-state index in [0.717, 1.165) is 4.90 Å². The number of amides is 3. The highest BCUT2D eigenvalue weighted by atomic mass is 79.9. The summed E-state index contributed by atoms with van der Waals surface area (Å²) in [5.74, 6) is -0.453. The van der Waals surface area contributed by atoms with E-state index < -0.39 is 17.6 Å². The Morgan fingerprint density at radius 1 is 1.10 bits per heavy atom. The summed E-state index contributed by atoms with van der Waals surface area (Å²) in [4.78, 5) is 48.0. The minimum absolute atomic E-state index is 0.00309. The Kier molecular flexibility index (Phi) is 7.28. The highest BCUT2D eigenvalue weighted by molar-refractivity contribution is 9.10. The third-order valence-corrected chi connectivity index (χ3v) is 4.20. The number of ether oxygens (including phenoxy) is 1. The standard InChI is InChI=1S/C21H21BrN2O5/c1-21(2,3)29-19(27)15-6-4-14(5-7-15)11-24(13-26)20(28)23-18-9-8-17(22)10-16(18)12-25/h4-10,12-13H,11H2,1-3H3,(H,23,28). The number of nitrogens with one attached hydrogen (secondary N) is 1. The summed E-state index contributed by atoms with van der Waals surface area (Å²) in [5, 5.41) is 2.54. The number of carbonyl (C=O) groups is 4. The Balaban J connectivity index is 2.07. The van der Waals surface area contributed by atoms with E-state index in [2.05, 4.69) is 21.2 Å². The number of esters is 1. The lowest BCUT2D eigenvalue weighted by Gasteiger charge is -2.20. The molecule has 0 saturated heterocycles. The summed E-state index contributed by atoms with van der Waals surface area (Å²) >= 11 is 3.25. The number of carbonyl (C=O) groups excluding carboxylic acids is 4. The lowest BCUT2D eigenvalue weighted by atomic mass is 10.1. The van der Waals surface area contributed by atoms with Crippen LogP contribution < -0.4 is 5.32 Å². The zero-order valence-electron chi connectivity index (χ0n) is 16.3. The normalized spacial score (nSPS) is 10.8. The molecule has 0 spiro atoms. The molecule has 0 unspecified atom stereocenters. The van der Waals surface area contributed by atoms with Crippen LogP contribution in [0.25, 0.3) is 0 Å². The maximum atomic E-state index is 12.4. The SMILES string of the molecule is CC(C)(C)OC(=O)c1ccc(CN(C=O)C(=O)Nc2ccc(Br)cc2C=O)cc1. The van der Waals surface area contributed by atoms with Crippen molar-refractivity contribution in [3.05, 3.63) is 63.6 Å². The summed E-state index contributed by atoms with van der Waals surface area (Å²) < 4.78 is 5.99. The molecule has 0 heterocycles. The van der Waals surface area contributed by atoms with Gasteiger partial charge in [0.15, 0.2) is 6.29 Å². The number of urea groups is 1. The van der Waals surface area contributed by atoms with Crippen molar-refractivity contribution in [3.63, 3.8) is 0 Å². The molecule has 0 atom stereocenters. The smallest absolute Gasteiger partial charge is 0.338 e. The van der Waals surface area contributed by atoms with Crippen LogP contribution in [-0.2, 0) is 16.1 Å². The number of anilines is 1. The molecule has 1 N–H and O–H groups in total. The molecular weight excluding hydrogens is 440 g/mol. The lowest BCUT2D eigenvalue weighted by Crippen LogP contribution is -2.33. The van der Waals surface area contributed by atoms with Crippen LogP contribution >= 0.6 is 15.9 Å². The van der Waals surface area contributed by atoms with Crippen LogP contribution in [0, 0.1) is 0 Å². The Bertz CT molecular complexity index is 920. The van der Waals surface area contributed by atoms with Crippen molar-refractivity contribution in [1.82, 2.24) is 4.90 Å². The number of aldehydes is 1. The second-order valence-electron chi connectivity index (χ2n) is 7.21. The first kappa shape index (κ1) is 22.3. The van der Waals surface area contributed by atoms with Crippen LogP contribution in [0.3, 0.4) is 0 Å². The van der Waals surface area contributed by atoms with Crippen molar-refractivity contribution in [2.45, 2.75) is 32.9 Å². The molecule has 0 aliphatic rings. The molecular formula is C21H21BrN2O5. The Morgan fingerprint density at radius 2 is 1.76 bits per heavy atom. The molecule has 29 heavy (non-hydrogen) atoms. The second-order valence-corrected chi connectivity index (χ2v) is 8.13. The summed E-state index contributed by atoms with van der Waals surface area (Å²) in [5.41, 5.74) is 0.984. The van der Waals surface area contributed by atoms with Gasteiger partial charge in [-0.05, 0) is 56.7 Å². The van der Waals surface area contributed by atoms with E-state index in [9.17, 15) is 19.2 Å². The van der Waals surface area contributed by atoms with E-state index in [-0.39, 0.29) is 12.1 Å². The van der Waals surface area contributed by atoms with E-state index in [0.29, 0.717) is 34.0 Å². The lowest BCUT2D eigenvalue weighted by molar-refractivity contribution is -0.115. The highest BCUT2D eigenvalue weighted by Crippen LogP contribution is 2.20. The molecule has 3 amide bonds. The molecule has 0 radical (unpaired) electrons. The fraction of sp³-hybridized carbons (Fsp3) is 0.238. The van der Waals surface area contributed by atoms with E-state index in [1.54, 1.807) is 63.2 Å². The Morgan fingerprint density at radius 3 is 2.31 bits per heavy atom. The van der Waals surface area contributed by atoms with E-state index in [4.69, 9.17) is 4.74 Å². The van der Waals surface area contributed by atoms with Crippen LogP contribution in [0.4, 0.5) is 10.5 Å². The zero-order valence-corrected chi connectivity index (χ0v) is 17.9. The number of imide groups is 1. The van der Waals surface area contributed by atoms with Gasteiger partial charge in [0, 0.05) is 10.0 Å². The number of halogens is 1. The fourth-order valence-electron chi connectivity index (χ4n) is 2.37. The van der Waals surface area contributed by atoms with Crippen molar-refractivity contribution in [1.29, 1.82) is 0 Å². The van der Waals surface area contributed by atoms with Crippen molar-refractivity contribution in [3.8, 4) is 0 Å². The van der Waals surface area contributed by atoms with Crippen LogP contribution in [0.2, 0.25) is 0 Å². The van der Waals surface area contributed by atoms with Gasteiger partial charge in [-0.15, -0.1) is 0 Å². The van der Waals surface area contributed by atoms with Crippen LogP contribution in [0.1, 0.15) is 47.1 Å². The van der Waals surface area contributed by atoms with Crippen LogP contribution in [-0.4, -0.2) is 35.2 Å². The van der Waals surface area contributed by atoms with E-state index in [1.165, 1.54) is 0 Å². The van der Waals surface area contributed by atoms with E-state index in [1.807, 2.05) is 0 Å². The molecule has 0 saturated carbocycles. The molecule has 2 aromatic rings. The topological polar surface area (TPSA) is 92.8 Å². The van der Waals surface area contributed by atoms with Gasteiger partial charge < -0.3 is 10.1 Å². The van der Waals surface area contributed by atoms with Gasteiger partial charge in [-0.3, -0.25) is 14.5 Å². The van der Waals surface area contributed by atoms with Crippen molar-refractivity contribution in [2.24, 2.45) is 0 Å². The average molecular weight is 461 g/mol. The molecule has 2 rings (SSSR count). The van der Waals surface area contributed by atoms with Gasteiger partial charge in [0.25, 0.3) is 0 Å². The first-order chi connectivity index (χ1) is 13.6. The minimum Gasteiger partial charge on any atom is -0.456 e. The van der Waals surface area contributed by atoms with Crippen molar-refractivity contribution < 1.29 is 23.9 Å². The molecule has 152 valence electrons. The molecule has 8 heteroatoms. The van der Waals surface area contributed by atoms with Gasteiger partial charge in [0.1, 0.15) is 5.60 Å². The fourth-order valence-corrected chi connectivity index (χ4v) is 2.75. The molecule has 0 aliphatic carbocycles. The average Bonchev–Trinajstić information content (AvgIpc) is 2.66. The maximum absolute atomic E-state index is 12.4. The third kappa shape index (κ3) is 6.53. The van der Waals surface area contributed by atoms with Gasteiger partial charge >= 0.3 is 12.0 Å².